The Morgan fingerprint density at radius 1 is 1.30 bits per heavy atom. The molecule has 0 aliphatic carbocycles. The summed E-state index contributed by atoms with van der Waals surface area (Å²) >= 11 is 11.9. The summed E-state index contributed by atoms with van der Waals surface area (Å²) in [6, 6.07) is 4.98. The highest BCUT2D eigenvalue weighted by molar-refractivity contribution is 6.37. The SMILES string of the molecule is CCN=C/C(C(=O)O)=C(O)\C=C\c1c(Cl)cccc1Cl. The second-order valence-electron chi connectivity index (χ2n) is 3.70. The predicted octanol–water partition coefficient (Wildman–Crippen LogP) is 3.99. The number of aliphatic carboxylic acids is 1. The molecule has 0 aliphatic heterocycles. The fourth-order valence-electron chi connectivity index (χ4n) is 1.34. The third kappa shape index (κ3) is 4.40. The van der Waals surface area contributed by atoms with Gasteiger partial charge in [0.1, 0.15) is 11.3 Å². The molecule has 0 heterocycles. The maximum atomic E-state index is 11.0. The van der Waals surface area contributed by atoms with Gasteiger partial charge in [-0.1, -0.05) is 29.3 Å². The first-order valence-corrected chi connectivity index (χ1v) is 6.51. The van der Waals surface area contributed by atoms with Crippen LogP contribution in [0.3, 0.4) is 0 Å². The van der Waals surface area contributed by atoms with E-state index in [9.17, 15) is 9.90 Å². The van der Waals surface area contributed by atoms with Crippen LogP contribution in [0, 0.1) is 0 Å². The molecule has 0 unspecified atom stereocenters. The topological polar surface area (TPSA) is 69.9 Å². The van der Waals surface area contributed by atoms with E-state index in [2.05, 4.69) is 4.99 Å². The molecule has 1 aromatic carbocycles. The minimum atomic E-state index is -1.27. The van der Waals surface area contributed by atoms with Gasteiger partial charge in [0, 0.05) is 28.4 Å². The molecular weight excluding hydrogens is 301 g/mol. The lowest BCUT2D eigenvalue weighted by Crippen LogP contribution is -2.05. The standard InChI is InChI=1S/C14H13Cl2NO3/c1-2-17-8-10(14(19)20)13(18)7-6-9-11(15)4-3-5-12(9)16/h3-8,18H,2H2,1H3,(H,19,20)/b7-6+,13-10-,17-8?. The Kier molecular flexibility index (Phi) is 6.28. The van der Waals surface area contributed by atoms with Crippen molar-refractivity contribution >= 4 is 41.5 Å². The van der Waals surface area contributed by atoms with Crippen LogP contribution < -0.4 is 0 Å². The highest BCUT2D eigenvalue weighted by atomic mass is 35.5. The van der Waals surface area contributed by atoms with Gasteiger partial charge in [-0.05, 0) is 31.2 Å². The van der Waals surface area contributed by atoms with Crippen LogP contribution in [-0.2, 0) is 4.79 Å². The highest BCUT2D eigenvalue weighted by Gasteiger charge is 2.10. The molecular formula is C14H13Cl2NO3. The maximum Gasteiger partial charge on any atom is 0.341 e. The van der Waals surface area contributed by atoms with Gasteiger partial charge in [0.15, 0.2) is 0 Å². The zero-order valence-electron chi connectivity index (χ0n) is 10.7. The van der Waals surface area contributed by atoms with E-state index in [0.29, 0.717) is 22.2 Å². The first-order valence-electron chi connectivity index (χ1n) is 5.75. The molecule has 0 bridgehead atoms. The third-order valence-corrected chi connectivity index (χ3v) is 2.98. The van der Waals surface area contributed by atoms with Crippen molar-refractivity contribution in [2.24, 2.45) is 4.99 Å². The zero-order chi connectivity index (χ0) is 15.1. The number of hydrogen-bond acceptors (Lipinski definition) is 3. The third-order valence-electron chi connectivity index (χ3n) is 2.32. The van der Waals surface area contributed by atoms with E-state index in [0.717, 1.165) is 6.21 Å². The predicted molar refractivity (Wildman–Crippen MR) is 81.8 cm³/mol. The molecule has 0 spiro atoms. The number of carboxylic acid groups (broad SMARTS) is 1. The smallest absolute Gasteiger partial charge is 0.341 e. The Morgan fingerprint density at radius 3 is 2.40 bits per heavy atom. The molecule has 0 aromatic heterocycles. The van der Waals surface area contributed by atoms with Crippen molar-refractivity contribution in [3.8, 4) is 0 Å². The molecule has 106 valence electrons. The van der Waals surface area contributed by atoms with Gasteiger partial charge in [-0.15, -0.1) is 0 Å². The second-order valence-corrected chi connectivity index (χ2v) is 4.52. The minimum absolute atomic E-state index is 0.300. The molecule has 1 rings (SSSR count). The number of rotatable bonds is 5. The molecule has 0 atom stereocenters. The summed E-state index contributed by atoms with van der Waals surface area (Å²) in [6.07, 6.45) is 3.77. The fourth-order valence-corrected chi connectivity index (χ4v) is 1.86. The monoisotopic (exact) mass is 313 g/mol. The molecule has 0 radical (unpaired) electrons. The van der Waals surface area contributed by atoms with Gasteiger partial charge in [-0.3, -0.25) is 4.99 Å². The number of aliphatic hydroxyl groups is 1. The second kappa shape index (κ2) is 7.72. The van der Waals surface area contributed by atoms with Crippen molar-refractivity contribution in [3.63, 3.8) is 0 Å². The van der Waals surface area contributed by atoms with E-state index in [1.807, 2.05) is 0 Å². The van der Waals surface area contributed by atoms with E-state index >= 15 is 0 Å². The number of carbonyl (C=O) groups is 1. The molecule has 1 aromatic rings. The summed E-state index contributed by atoms with van der Waals surface area (Å²) in [4.78, 5) is 14.8. The summed E-state index contributed by atoms with van der Waals surface area (Å²) in [5.41, 5.74) is 0.200. The van der Waals surface area contributed by atoms with Crippen LogP contribution in [0.15, 0.2) is 40.6 Å². The molecule has 20 heavy (non-hydrogen) atoms. The fraction of sp³-hybridized carbons (Fsp3) is 0.143. The molecule has 0 saturated heterocycles. The Bertz CT molecular complexity index is 572. The summed E-state index contributed by atoms with van der Waals surface area (Å²) in [6.45, 7) is 2.18. The summed E-state index contributed by atoms with van der Waals surface area (Å²) in [5.74, 6) is -1.69. The summed E-state index contributed by atoms with van der Waals surface area (Å²) in [7, 11) is 0. The summed E-state index contributed by atoms with van der Waals surface area (Å²) < 4.78 is 0. The number of benzene rings is 1. The lowest BCUT2D eigenvalue weighted by atomic mass is 10.1. The summed E-state index contributed by atoms with van der Waals surface area (Å²) in [5, 5.41) is 19.6. The number of aliphatic imine (C=N–C) groups is 1. The molecule has 4 nitrogen and oxygen atoms in total. The van der Waals surface area contributed by atoms with Gasteiger partial charge < -0.3 is 10.2 Å². The Balaban J connectivity index is 3.14. The number of halogens is 2. The number of allylic oxidation sites excluding steroid dienone is 1. The first kappa shape index (κ1) is 16.3. The van der Waals surface area contributed by atoms with Crippen molar-refractivity contribution in [2.45, 2.75) is 6.92 Å². The Morgan fingerprint density at radius 2 is 1.90 bits per heavy atom. The van der Waals surface area contributed by atoms with Crippen molar-refractivity contribution in [2.75, 3.05) is 6.54 Å². The van der Waals surface area contributed by atoms with Crippen LogP contribution in [0.2, 0.25) is 10.0 Å². The number of aliphatic hydroxyl groups excluding tert-OH is 1. The molecule has 0 amide bonds. The van der Waals surface area contributed by atoms with Gasteiger partial charge in [0.25, 0.3) is 0 Å². The molecule has 0 aliphatic rings. The Labute approximate surface area is 126 Å². The van der Waals surface area contributed by atoms with Crippen LogP contribution in [0.25, 0.3) is 6.08 Å². The number of carboxylic acids is 1. The van der Waals surface area contributed by atoms with Crippen LogP contribution in [0.5, 0.6) is 0 Å². The molecule has 2 N–H and O–H groups in total. The normalized spacial score (nSPS) is 12.9. The lowest BCUT2D eigenvalue weighted by Gasteiger charge is -2.01. The average molecular weight is 314 g/mol. The maximum absolute atomic E-state index is 11.0. The van der Waals surface area contributed by atoms with E-state index in [-0.39, 0.29) is 5.57 Å². The van der Waals surface area contributed by atoms with Crippen molar-refractivity contribution in [1.82, 2.24) is 0 Å². The molecule has 0 saturated carbocycles. The first-order chi connectivity index (χ1) is 9.47. The quantitative estimate of drug-likeness (QED) is 0.373. The van der Waals surface area contributed by atoms with Crippen LogP contribution >= 0.6 is 23.2 Å². The van der Waals surface area contributed by atoms with E-state index < -0.39 is 11.7 Å². The molecule has 0 fully saturated rings. The van der Waals surface area contributed by atoms with Gasteiger partial charge in [-0.25, -0.2) is 4.79 Å². The lowest BCUT2D eigenvalue weighted by molar-refractivity contribution is -0.132. The van der Waals surface area contributed by atoms with Gasteiger partial charge in [-0.2, -0.15) is 0 Å². The highest BCUT2D eigenvalue weighted by Crippen LogP contribution is 2.25. The average Bonchev–Trinajstić information content (AvgIpc) is 2.38. The van der Waals surface area contributed by atoms with Crippen molar-refractivity contribution in [1.29, 1.82) is 0 Å². The van der Waals surface area contributed by atoms with E-state index in [1.54, 1.807) is 25.1 Å². The minimum Gasteiger partial charge on any atom is -0.507 e. The molecule has 6 heteroatoms. The van der Waals surface area contributed by atoms with Crippen LogP contribution in [0.1, 0.15) is 12.5 Å². The number of hydrogen-bond donors (Lipinski definition) is 2. The van der Waals surface area contributed by atoms with Crippen molar-refractivity contribution < 1.29 is 15.0 Å². The van der Waals surface area contributed by atoms with Gasteiger partial charge in [0.05, 0.1) is 0 Å². The van der Waals surface area contributed by atoms with Crippen molar-refractivity contribution in [3.05, 3.63) is 51.2 Å². The van der Waals surface area contributed by atoms with Gasteiger partial charge >= 0.3 is 5.97 Å². The van der Waals surface area contributed by atoms with Gasteiger partial charge in [0.2, 0.25) is 0 Å². The Hall–Kier alpha value is -1.78. The largest absolute Gasteiger partial charge is 0.507 e. The van der Waals surface area contributed by atoms with Crippen LogP contribution in [0.4, 0.5) is 0 Å². The van der Waals surface area contributed by atoms with Crippen LogP contribution in [-0.4, -0.2) is 28.9 Å². The van der Waals surface area contributed by atoms with E-state index in [1.165, 1.54) is 12.2 Å². The zero-order valence-corrected chi connectivity index (χ0v) is 12.2. The number of nitrogens with zero attached hydrogens (tertiary/aromatic N) is 1. The van der Waals surface area contributed by atoms with E-state index in [4.69, 9.17) is 28.3 Å².